The average Bonchev–Trinajstić information content (AvgIpc) is 2.52. The Labute approximate surface area is 174 Å². The van der Waals surface area contributed by atoms with Gasteiger partial charge < -0.3 is 15.4 Å². The number of aliphatic imine (C=N–C) groups is 1. The monoisotopic (exact) mass is 498 g/mol. The predicted molar refractivity (Wildman–Crippen MR) is 118 cm³/mol. The van der Waals surface area contributed by atoms with Crippen molar-refractivity contribution in [3.05, 3.63) is 29.8 Å². The number of guanidine groups is 1. The fourth-order valence-corrected chi connectivity index (χ4v) is 2.35. The molecule has 0 saturated carbocycles. The first-order valence-electron chi connectivity index (χ1n) is 8.49. The van der Waals surface area contributed by atoms with Crippen LogP contribution in [0.25, 0.3) is 0 Å². The van der Waals surface area contributed by atoms with Crippen molar-refractivity contribution in [2.45, 2.75) is 33.7 Å². The highest BCUT2D eigenvalue weighted by molar-refractivity contribution is 14.0. The van der Waals surface area contributed by atoms with Crippen LogP contribution in [0, 0.1) is 5.92 Å². The van der Waals surface area contributed by atoms with Crippen molar-refractivity contribution in [2.75, 3.05) is 25.4 Å². The number of ether oxygens (including phenoxy) is 1. The van der Waals surface area contributed by atoms with Crippen molar-refractivity contribution in [1.82, 2.24) is 10.6 Å². The van der Waals surface area contributed by atoms with E-state index >= 15 is 0 Å². The quantitative estimate of drug-likeness (QED) is 0.275. The van der Waals surface area contributed by atoms with Gasteiger partial charge in [0.2, 0.25) is 10.0 Å². The molecule has 0 bridgehead atoms. The van der Waals surface area contributed by atoms with Gasteiger partial charge in [0, 0.05) is 6.54 Å². The number of primary sulfonamides is 1. The van der Waals surface area contributed by atoms with Gasteiger partial charge in [-0.2, -0.15) is 0 Å². The van der Waals surface area contributed by atoms with Gasteiger partial charge in [0.1, 0.15) is 5.75 Å². The molecule has 150 valence electrons. The van der Waals surface area contributed by atoms with Gasteiger partial charge >= 0.3 is 0 Å². The van der Waals surface area contributed by atoms with Crippen molar-refractivity contribution in [1.29, 1.82) is 0 Å². The molecule has 0 aliphatic heterocycles. The normalized spacial score (nSPS) is 13.1. The zero-order chi connectivity index (χ0) is 18.9. The maximum Gasteiger partial charge on any atom is 0.210 e. The van der Waals surface area contributed by atoms with Gasteiger partial charge in [-0.15, -0.1) is 24.0 Å². The van der Waals surface area contributed by atoms with E-state index in [0.29, 0.717) is 25.0 Å². The van der Waals surface area contributed by atoms with Crippen LogP contribution in [-0.4, -0.2) is 39.8 Å². The van der Waals surface area contributed by atoms with Gasteiger partial charge in [-0.25, -0.2) is 13.6 Å². The van der Waals surface area contributed by atoms with Crippen LogP contribution in [0.2, 0.25) is 0 Å². The van der Waals surface area contributed by atoms with Crippen molar-refractivity contribution in [3.63, 3.8) is 0 Å². The number of hydrogen-bond donors (Lipinski definition) is 3. The van der Waals surface area contributed by atoms with Crippen LogP contribution in [0.5, 0.6) is 5.75 Å². The van der Waals surface area contributed by atoms with Crippen LogP contribution in [0.4, 0.5) is 0 Å². The summed E-state index contributed by atoms with van der Waals surface area (Å²) >= 11 is 0. The summed E-state index contributed by atoms with van der Waals surface area (Å²) < 4.78 is 27.7. The van der Waals surface area contributed by atoms with Crippen LogP contribution in [0.1, 0.15) is 39.3 Å². The molecule has 0 amide bonds. The van der Waals surface area contributed by atoms with Gasteiger partial charge in [0.15, 0.2) is 5.96 Å². The number of nitrogens with one attached hydrogen (secondary N) is 2. The predicted octanol–water partition coefficient (Wildman–Crippen LogP) is 2.24. The number of sulfonamides is 1. The molecule has 0 aliphatic rings. The highest BCUT2D eigenvalue weighted by Crippen LogP contribution is 2.18. The van der Waals surface area contributed by atoms with Gasteiger partial charge in [-0.05, 0) is 37.5 Å². The Hall–Kier alpha value is -1.07. The van der Waals surface area contributed by atoms with Crippen LogP contribution in [0.3, 0.4) is 0 Å². The van der Waals surface area contributed by atoms with E-state index in [2.05, 4.69) is 29.5 Å². The molecular weight excluding hydrogens is 467 g/mol. The molecule has 1 rings (SSSR count). The lowest BCUT2D eigenvalue weighted by atomic mass is 10.1. The number of rotatable bonds is 9. The van der Waals surface area contributed by atoms with Crippen LogP contribution < -0.4 is 20.5 Å². The van der Waals surface area contributed by atoms with E-state index in [0.717, 1.165) is 11.3 Å². The Bertz CT molecular complexity index is 648. The molecule has 9 heteroatoms. The molecule has 1 unspecified atom stereocenters. The standard InChI is InChI=1S/C17H30N4O3S.HI/c1-5-19-17(20-10-11-25(18,22)23)21-14(4)15-6-8-16(9-7-15)24-12-13(2)3;/h6-9,13-14H,5,10-12H2,1-4H3,(H2,18,22,23)(H2,19,20,21);1H. The highest BCUT2D eigenvalue weighted by Gasteiger charge is 2.09. The summed E-state index contributed by atoms with van der Waals surface area (Å²) in [5.74, 6) is 1.70. The minimum absolute atomic E-state index is 0. The molecule has 0 saturated heterocycles. The summed E-state index contributed by atoms with van der Waals surface area (Å²) in [6.07, 6.45) is 0. The minimum Gasteiger partial charge on any atom is -0.493 e. The summed E-state index contributed by atoms with van der Waals surface area (Å²) in [6, 6.07) is 7.90. The SMILES string of the molecule is CCNC(=NCCS(N)(=O)=O)NC(C)c1ccc(OCC(C)C)cc1.I. The van der Waals surface area contributed by atoms with Gasteiger partial charge in [-0.1, -0.05) is 26.0 Å². The van der Waals surface area contributed by atoms with Gasteiger partial charge in [0.05, 0.1) is 24.9 Å². The fraction of sp³-hybridized carbons (Fsp3) is 0.588. The highest BCUT2D eigenvalue weighted by atomic mass is 127. The molecule has 4 N–H and O–H groups in total. The van der Waals surface area contributed by atoms with Crippen molar-refractivity contribution in [2.24, 2.45) is 16.0 Å². The third kappa shape index (κ3) is 10.8. The Morgan fingerprint density at radius 2 is 1.85 bits per heavy atom. The molecule has 1 aromatic carbocycles. The molecule has 0 heterocycles. The maximum absolute atomic E-state index is 11.0. The van der Waals surface area contributed by atoms with E-state index < -0.39 is 10.0 Å². The van der Waals surface area contributed by atoms with E-state index in [1.807, 2.05) is 38.1 Å². The zero-order valence-electron chi connectivity index (χ0n) is 15.9. The molecule has 1 aromatic rings. The second kappa shape index (κ2) is 12.3. The molecule has 0 aliphatic carbocycles. The van der Waals surface area contributed by atoms with Crippen molar-refractivity contribution < 1.29 is 13.2 Å². The molecular formula is C17H31IN4O3S. The molecule has 0 spiro atoms. The second-order valence-electron chi connectivity index (χ2n) is 6.27. The zero-order valence-corrected chi connectivity index (χ0v) is 19.0. The van der Waals surface area contributed by atoms with E-state index in [1.54, 1.807) is 0 Å². The lowest BCUT2D eigenvalue weighted by Crippen LogP contribution is -2.39. The van der Waals surface area contributed by atoms with Gasteiger partial charge in [-0.3, -0.25) is 4.99 Å². The lowest BCUT2D eigenvalue weighted by molar-refractivity contribution is 0.271. The molecule has 0 aromatic heterocycles. The van der Waals surface area contributed by atoms with E-state index in [-0.39, 0.29) is 42.3 Å². The summed E-state index contributed by atoms with van der Waals surface area (Å²) in [6.45, 7) is 9.65. The summed E-state index contributed by atoms with van der Waals surface area (Å²) in [5, 5.41) is 11.3. The van der Waals surface area contributed by atoms with Crippen molar-refractivity contribution >= 4 is 40.0 Å². The Morgan fingerprint density at radius 3 is 2.35 bits per heavy atom. The fourth-order valence-electron chi connectivity index (χ4n) is 2.01. The van der Waals surface area contributed by atoms with Gasteiger partial charge in [0.25, 0.3) is 0 Å². The average molecular weight is 498 g/mol. The second-order valence-corrected chi connectivity index (χ2v) is 8.00. The maximum atomic E-state index is 11.0. The van der Waals surface area contributed by atoms with Crippen LogP contribution in [0.15, 0.2) is 29.3 Å². The lowest BCUT2D eigenvalue weighted by Gasteiger charge is -2.18. The molecule has 0 fully saturated rings. The third-order valence-corrected chi connectivity index (χ3v) is 4.06. The molecule has 0 radical (unpaired) electrons. The first-order valence-corrected chi connectivity index (χ1v) is 10.2. The molecule has 26 heavy (non-hydrogen) atoms. The number of benzene rings is 1. The summed E-state index contributed by atoms with van der Waals surface area (Å²) in [5.41, 5.74) is 1.08. The number of hydrogen-bond acceptors (Lipinski definition) is 4. The van der Waals surface area contributed by atoms with E-state index in [9.17, 15) is 8.42 Å². The first-order chi connectivity index (χ1) is 11.7. The summed E-state index contributed by atoms with van der Waals surface area (Å²) in [7, 11) is -3.51. The Morgan fingerprint density at radius 1 is 1.23 bits per heavy atom. The Balaban J connectivity index is 0.00000625. The van der Waals surface area contributed by atoms with Crippen LogP contribution >= 0.6 is 24.0 Å². The van der Waals surface area contributed by atoms with E-state index in [1.165, 1.54) is 0 Å². The molecule has 1 atom stereocenters. The topological polar surface area (TPSA) is 106 Å². The minimum atomic E-state index is -3.51. The molecule has 7 nitrogen and oxygen atoms in total. The van der Waals surface area contributed by atoms with Crippen LogP contribution in [-0.2, 0) is 10.0 Å². The Kier molecular flexibility index (Phi) is 11.8. The number of nitrogens with zero attached hydrogens (tertiary/aromatic N) is 1. The number of nitrogens with two attached hydrogens (primary N) is 1. The first kappa shape index (κ1) is 24.9. The van der Waals surface area contributed by atoms with E-state index in [4.69, 9.17) is 9.88 Å². The smallest absolute Gasteiger partial charge is 0.210 e. The largest absolute Gasteiger partial charge is 0.493 e. The van der Waals surface area contributed by atoms with Crippen molar-refractivity contribution in [3.8, 4) is 5.75 Å². The summed E-state index contributed by atoms with van der Waals surface area (Å²) in [4.78, 5) is 4.24. The number of halogens is 1. The third-order valence-electron chi connectivity index (χ3n) is 3.31.